The predicted octanol–water partition coefficient (Wildman–Crippen LogP) is 1.76. The van der Waals surface area contributed by atoms with Gasteiger partial charge in [-0.3, -0.25) is 4.79 Å². The molecular weight excluding hydrogens is 309 g/mol. The lowest BCUT2D eigenvalue weighted by atomic mass is 9.81. The summed E-state index contributed by atoms with van der Waals surface area (Å²) in [6, 6.07) is 3.54. The molecule has 5 nitrogen and oxygen atoms in total. The molecule has 0 aromatic heterocycles. The molecule has 0 radical (unpaired) electrons. The zero-order chi connectivity index (χ0) is 14.9. The normalized spacial score (nSPS) is 22.3. The van der Waals surface area contributed by atoms with E-state index in [-0.39, 0.29) is 23.4 Å². The molecule has 0 aliphatic heterocycles. The highest BCUT2D eigenvalue weighted by molar-refractivity contribution is 7.88. The van der Waals surface area contributed by atoms with Crippen LogP contribution < -0.4 is 4.72 Å². The topological polar surface area (TPSA) is 83.5 Å². The van der Waals surface area contributed by atoms with E-state index >= 15 is 0 Å². The highest BCUT2D eigenvalue weighted by Gasteiger charge is 2.36. The Bertz CT molecular complexity index is 608. The fraction of sp³-hybridized carbons (Fsp3) is 0.417. The molecule has 1 fully saturated rings. The maximum atomic E-state index is 13.5. The van der Waals surface area contributed by atoms with Crippen LogP contribution in [0.1, 0.15) is 18.4 Å². The molecule has 1 saturated carbocycles. The van der Waals surface area contributed by atoms with Gasteiger partial charge in [0.15, 0.2) is 0 Å². The van der Waals surface area contributed by atoms with Gasteiger partial charge in [0.25, 0.3) is 0 Å². The number of aliphatic carboxylic acids is 1. The van der Waals surface area contributed by atoms with Crippen LogP contribution in [0.15, 0.2) is 18.2 Å². The number of hydrogen-bond donors (Lipinski definition) is 2. The Morgan fingerprint density at radius 3 is 2.65 bits per heavy atom. The first-order chi connectivity index (χ1) is 9.28. The van der Waals surface area contributed by atoms with Crippen LogP contribution in [-0.2, 0) is 20.6 Å². The summed E-state index contributed by atoms with van der Waals surface area (Å²) in [5, 5.41) is 8.76. The molecular formula is C12H13ClFNO4S. The van der Waals surface area contributed by atoms with Crippen molar-refractivity contribution in [1.29, 1.82) is 0 Å². The molecule has 110 valence electrons. The second-order valence-corrected chi connectivity index (χ2v) is 6.94. The predicted molar refractivity (Wildman–Crippen MR) is 71.3 cm³/mol. The van der Waals surface area contributed by atoms with Gasteiger partial charge in [-0.05, 0) is 25.0 Å². The van der Waals surface area contributed by atoms with Crippen molar-refractivity contribution in [2.45, 2.75) is 24.6 Å². The molecule has 2 N–H and O–H groups in total. The molecule has 20 heavy (non-hydrogen) atoms. The van der Waals surface area contributed by atoms with Crippen LogP contribution in [-0.4, -0.2) is 25.5 Å². The molecule has 0 bridgehead atoms. The Morgan fingerprint density at radius 1 is 1.45 bits per heavy atom. The molecule has 2 rings (SSSR count). The summed E-state index contributed by atoms with van der Waals surface area (Å²) in [6.45, 7) is 0. The molecule has 8 heteroatoms. The van der Waals surface area contributed by atoms with Crippen LogP contribution in [0.3, 0.4) is 0 Å². The highest BCUT2D eigenvalue weighted by Crippen LogP contribution is 2.29. The van der Waals surface area contributed by atoms with Gasteiger partial charge in [-0.2, -0.15) is 0 Å². The average Bonchev–Trinajstić information content (AvgIpc) is 2.28. The van der Waals surface area contributed by atoms with Gasteiger partial charge in [0, 0.05) is 16.6 Å². The van der Waals surface area contributed by atoms with Gasteiger partial charge < -0.3 is 5.11 Å². The highest BCUT2D eigenvalue weighted by atomic mass is 35.5. The van der Waals surface area contributed by atoms with Crippen molar-refractivity contribution in [3.63, 3.8) is 0 Å². The molecule has 0 unspecified atom stereocenters. The van der Waals surface area contributed by atoms with Crippen LogP contribution in [0.2, 0.25) is 5.02 Å². The Kier molecular flexibility index (Phi) is 4.31. The molecule has 0 amide bonds. The van der Waals surface area contributed by atoms with E-state index < -0.39 is 39.5 Å². The molecule has 1 aliphatic rings. The Morgan fingerprint density at radius 2 is 2.10 bits per heavy atom. The third kappa shape index (κ3) is 3.47. The van der Waals surface area contributed by atoms with Gasteiger partial charge in [0.2, 0.25) is 10.0 Å². The van der Waals surface area contributed by atoms with E-state index in [1.165, 1.54) is 12.1 Å². The summed E-state index contributed by atoms with van der Waals surface area (Å²) in [5.41, 5.74) is -0.0872. The molecule has 0 atom stereocenters. The first kappa shape index (κ1) is 15.2. The third-order valence-electron chi connectivity index (χ3n) is 3.23. The summed E-state index contributed by atoms with van der Waals surface area (Å²) in [7, 11) is -3.76. The largest absolute Gasteiger partial charge is 0.481 e. The van der Waals surface area contributed by atoms with Crippen LogP contribution in [0, 0.1) is 11.7 Å². The van der Waals surface area contributed by atoms with Crippen LogP contribution >= 0.6 is 11.6 Å². The minimum atomic E-state index is -3.76. The van der Waals surface area contributed by atoms with Crippen molar-refractivity contribution in [3.05, 3.63) is 34.6 Å². The van der Waals surface area contributed by atoms with E-state index in [9.17, 15) is 17.6 Å². The maximum absolute atomic E-state index is 13.5. The van der Waals surface area contributed by atoms with E-state index in [0.29, 0.717) is 0 Å². The molecule has 0 saturated heterocycles. The number of hydrogen-bond acceptors (Lipinski definition) is 3. The van der Waals surface area contributed by atoms with E-state index in [4.69, 9.17) is 16.7 Å². The number of carbonyl (C=O) groups is 1. The summed E-state index contributed by atoms with van der Waals surface area (Å²) in [4.78, 5) is 10.6. The Balaban J connectivity index is 2.00. The third-order valence-corrected chi connectivity index (χ3v) is 4.94. The number of sulfonamides is 1. The Hall–Kier alpha value is -1.18. The summed E-state index contributed by atoms with van der Waals surface area (Å²) < 4.78 is 39.7. The van der Waals surface area contributed by atoms with Gasteiger partial charge in [0.05, 0.1) is 11.7 Å². The van der Waals surface area contributed by atoms with Gasteiger partial charge in [-0.15, -0.1) is 0 Å². The summed E-state index contributed by atoms with van der Waals surface area (Å²) in [6.07, 6.45) is 0.499. The van der Waals surface area contributed by atoms with Gasteiger partial charge in [-0.1, -0.05) is 17.7 Å². The van der Waals surface area contributed by atoms with Crippen molar-refractivity contribution in [2.75, 3.05) is 0 Å². The monoisotopic (exact) mass is 321 g/mol. The molecule has 0 spiro atoms. The van der Waals surface area contributed by atoms with E-state index in [2.05, 4.69) is 4.72 Å². The summed E-state index contributed by atoms with van der Waals surface area (Å²) >= 11 is 5.77. The molecule has 1 aliphatic carbocycles. The molecule has 1 aromatic rings. The zero-order valence-electron chi connectivity index (χ0n) is 10.3. The van der Waals surface area contributed by atoms with Crippen molar-refractivity contribution < 1.29 is 22.7 Å². The first-order valence-electron chi connectivity index (χ1n) is 5.94. The van der Waals surface area contributed by atoms with E-state index in [0.717, 1.165) is 6.07 Å². The number of halogens is 2. The lowest BCUT2D eigenvalue weighted by Crippen LogP contribution is -2.46. The quantitative estimate of drug-likeness (QED) is 0.865. The number of nitrogens with one attached hydrogen (secondary N) is 1. The molecule has 0 heterocycles. The van der Waals surface area contributed by atoms with Crippen molar-refractivity contribution in [1.82, 2.24) is 4.72 Å². The standard InChI is InChI=1S/C12H13ClFNO4S/c13-10-2-1-3-11(14)9(10)6-20(18,19)15-8-4-7(5-8)12(16)17/h1-3,7-8,15H,4-6H2,(H,16,17). The number of carboxylic acid groups (broad SMARTS) is 1. The lowest BCUT2D eigenvalue weighted by Gasteiger charge is -2.32. The smallest absolute Gasteiger partial charge is 0.306 e. The first-order valence-corrected chi connectivity index (χ1v) is 7.97. The van der Waals surface area contributed by atoms with Crippen molar-refractivity contribution in [2.24, 2.45) is 5.92 Å². The summed E-state index contributed by atoms with van der Waals surface area (Å²) in [5.74, 6) is -2.69. The van der Waals surface area contributed by atoms with Gasteiger partial charge in [-0.25, -0.2) is 17.5 Å². The van der Waals surface area contributed by atoms with Gasteiger partial charge >= 0.3 is 5.97 Å². The maximum Gasteiger partial charge on any atom is 0.306 e. The van der Waals surface area contributed by atoms with Crippen LogP contribution in [0.25, 0.3) is 0 Å². The van der Waals surface area contributed by atoms with Crippen molar-refractivity contribution in [3.8, 4) is 0 Å². The number of rotatable bonds is 5. The fourth-order valence-electron chi connectivity index (χ4n) is 2.07. The fourth-order valence-corrected chi connectivity index (χ4v) is 3.84. The molecule has 1 aromatic carbocycles. The second-order valence-electron chi connectivity index (χ2n) is 4.78. The SMILES string of the molecule is O=C(O)C1CC(NS(=O)(=O)Cc2c(F)cccc2Cl)C1. The average molecular weight is 322 g/mol. The van der Waals surface area contributed by atoms with Crippen molar-refractivity contribution >= 4 is 27.6 Å². The van der Waals surface area contributed by atoms with E-state index in [1.54, 1.807) is 0 Å². The minimum absolute atomic E-state index is 0.0485. The van der Waals surface area contributed by atoms with E-state index in [1.807, 2.05) is 0 Å². The Labute approximate surface area is 120 Å². The van der Waals surface area contributed by atoms with Gasteiger partial charge in [0.1, 0.15) is 5.82 Å². The van der Waals surface area contributed by atoms with Crippen LogP contribution in [0.4, 0.5) is 4.39 Å². The number of benzene rings is 1. The minimum Gasteiger partial charge on any atom is -0.481 e. The van der Waals surface area contributed by atoms with Crippen LogP contribution in [0.5, 0.6) is 0 Å². The second kappa shape index (κ2) is 5.67. The lowest BCUT2D eigenvalue weighted by molar-refractivity contribution is -0.145. The number of carboxylic acids is 1. The zero-order valence-corrected chi connectivity index (χ0v) is 11.9.